The highest BCUT2D eigenvalue weighted by Crippen LogP contribution is 2.32. The molecule has 1 atom stereocenters. The van der Waals surface area contributed by atoms with Gasteiger partial charge in [-0.3, -0.25) is 9.59 Å². The molecule has 0 aliphatic carbocycles. The summed E-state index contributed by atoms with van der Waals surface area (Å²) in [6.07, 6.45) is 2.82. The second kappa shape index (κ2) is 17.3. The van der Waals surface area contributed by atoms with Gasteiger partial charge >= 0.3 is 5.97 Å². The molecule has 1 aliphatic heterocycles. The number of hydrogen-bond donors (Lipinski definition) is 2. The third-order valence-corrected chi connectivity index (χ3v) is 10.5. The zero-order valence-corrected chi connectivity index (χ0v) is 30.9. The molecule has 1 saturated heterocycles. The minimum atomic E-state index is -0.988. The summed E-state index contributed by atoms with van der Waals surface area (Å²) < 4.78 is 2.10. The van der Waals surface area contributed by atoms with Crippen molar-refractivity contribution in [3.05, 3.63) is 88.7 Å². The number of hydrogen-bond acceptors (Lipinski definition) is 7. The Balaban J connectivity index is 1.44. The zero-order valence-electron chi connectivity index (χ0n) is 30.1. The van der Waals surface area contributed by atoms with Gasteiger partial charge < -0.3 is 24.8 Å². The van der Waals surface area contributed by atoms with E-state index < -0.39 is 5.97 Å². The first-order valence-corrected chi connectivity index (χ1v) is 18.8. The molecule has 9 nitrogen and oxygen atoms in total. The number of aromatic carboxylic acids is 1. The number of benzene rings is 3. The number of aryl methyl sites for hydroxylation is 2. The molecule has 0 radical (unpaired) electrons. The lowest BCUT2D eigenvalue weighted by Gasteiger charge is -2.32. The van der Waals surface area contributed by atoms with Gasteiger partial charge in [-0.1, -0.05) is 81.1 Å². The Kier molecular flexibility index (Phi) is 12.9. The standard InChI is InChI=1S/C40H51N5O4S/c1-6-11-34-42-37-28(4)16-17-33(38(37)45(34)25-30-14-10-15-32(40(48)49)36(30)29-12-8-7-9-13-29)39(47)41-31(24-27(2)3)26-50-35(46)18-19-44-22-20-43(5)21-23-44/h7-10,12-17,27,31H,6,11,18-26H2,1-5H3,(H,41,47)(H,48,49). The smallest absolute Gasteiger partial charge is 0.336 e. The van der Waals surface area contributed by atoms with Crippen molar-refractivity contribution in [3.8, 4) is 11.1 Å². The molecule has 2 heterocycles. The number of nitrogens with zero attached hydrogens (tertiary/aromatic N) is 4. The molecule has 1 fully saturated rings. The number of nitrogens with one attached hydrogen (secondary N) is 1. The van der Waals surface area contributed by atoms with Crippen molar-refractivity contribution in [2.24, 2.45) is 5.92 Å². The van der Waals surface area contributed by atoms with Crippen LogP contribution in [-0.4, -0.2) is 93.0 Å². The molecule has 0 spiro atoms. The lowest BCUT2D eigenvalue weighted by atomic mass is 9.94. The number of carboxylic acid groups (broad SMARTS) is 1. The molecule has 50 heavy (non-hydrogen) atoms. The fraction of sp³-hybridized carbons (Fsp3) is 0.450. The number of carbonyl (C=O) groups excluding carboxylic acids is 2. The molecule has 2 N–H and O–H groups in total. The summed E-state index contributed by atoms with van der Waals surface area (Å²) in [5, 5.41) is 13.6. The van der Waals surface area contributed by atoms with Gasteiger partial charge in [-0.15, -0.1) is 0 Å². The van der Waals surface area contributed by atoms with Crippen molar-refractivity contribution in [2.75, 3.05) is 45.5 Å². The van der Waals surface area contributed by atoms with E-state index in [1.165, 1.54) is 11.8 Å². The number of likely N-dealkylation sites (N-methyl/N-ethyl adjacent to an activating group) is 1. The lowest BCUT2D eigenvalue weighted by Crippen LogP contribution is -2.45. The lowest BCUT2D eigenvalue weighted by molar-refractivity contribution is -0.111. The summed E-state index contributed by atoms with van der Waals surface area (Å²) >= 11 is 1.32. The van der Waals surface area contributed by atoms with Gasteiger partial charge in [0.15, 0.2) is 5.12 Å². The Morgan fingerprint density at radius 3 is 2.38 bits per heavy atom. The highest BCUT2D eigenvalue weighted by atomic mass is 32.2. The highest BCUT2D eigenvalue weighted by molar-refractivity contribution is 8.13. The molecule has 0 bridgehead atoms. The molecule has 1 unspecified atom stereocenters. The molecule has 5 rings (SSSR count). The van der Waals surface area contributed by atoms with Gasteiger partial charge in [-0.2, -0.15) is 0 Å². The Morgan fingerprint density at radius 2 is 1.70 bits per heavy atom. The average Bonchev–Trinajstić information content (AvgIpc) is 3.45. The Hall–Kier alpha value is -3.99. The van der Waals surface area contributed by atoms with Crippen LogP contribution >= 0.6 is 11.8 Å². The van der Waals surface area contributed by atoms with Crippen molar-refractivity contribution >= 4 is 39.8 Å². The van der Waals surface area contributed by atoms with Crippen LogP contribution in [0, 0.1) is 12.8 Å². The first kappa shape index (κ1) is 37.3. The van der Waals surface area contributed by atoms with E-state index in [1.54, 1.807) is 12.1 Å². The summed E-state index contributed by atoms with van der Waals surface area (Å²) in [7, 11) is 2.13. The largest absolute Gasteiger partial charge is 0.478 e. The minimum Gasteiger partial charge on any atom is -0.478 e. The van der Waals surface area contributed by atoms with Crippen LogP contribution in [0.25, 0.3) is 22.2 Å². The monoisotopic (exact) mass is 697 g/mol. The van der Waals surface area contributed by atoms with Crippen molar-refractivity contribution < 1.29 is 19.5 Å². The van der Waals surface area contributed by atoms with Crippen LogP contribution in [0.2, 0.25) is 0 Å². The van der Waals surface area contributed by atoms with E-state index in [0.717, 1.165) is 79.1 Å². The molecule has 10 heteroatoms. The normalized spacial score (nSPS) is 14.7. The Morgan fingerprint density at radius 1 is 0.960 bits per heavy atom. The first-order chi connectivity index (χ1) is 24.0. The number of rotatable bonds is 15. The van der Waals surface area contributed by atoms with Gasteiger partial charge in [-0.25, -0.2) is 9.78 Å². The summed E-state index contributed by atoms with van der Waals surface area (Å²) in [5.74, 6) is 0.518. The van der Waals surface area contributed by atoms with Gasteiger partial charge in [0.2, 0.25) is 0 Å². The number of piperazine rings is 1. The number of aromatic nitrogens is 2. The van der Waals surface area contributed by atoms with E-state index in [-0.39, 0.29) is 22.6 Å². The molecule has 1 amide bonds. The SMILES string of the molecule is CCCc1nc2c(C)ccc(C(=O)NC(CSC(=O)CCN3CCN(C)CC3)CC(C)C)c2n1Cc1cccc(C(=O)O)c1-c1ccccc1. The maximum atomic E-state index is 14.2. The van der Waals surface area contributed by atoms with Crippen LogP contribution in [0.3, 0.4) is 0 Å². The summed E-state index contributed by atoms with van der Waals surface area (Å²) in [5.41, 5.74) is 5.56. The third kappa shape index (κ3) is 9.21. The minimum absolute atomic E-state index is 0.157. The number of carbonyl (C=O) groups is 3. The third-order valence-electron chi connectivity index (χ3n) is 9.43. The number of amides is 1. The second-order valence-corrected chi connectivity index (χ2v) is 15.0. The molecule has 0 saturated carbocycles. The van der Waals surface area contributed by atoms with E-state index >= 15 is 0 Å². The number of thioether (sulfide) groups is 1. The predicted molar refractivity (Wildman–Crippen MR) is 203 cm³/mol. The summed E-state index contributed by atoms with van der Waals surface area (Å²) in [4.78, 5) is 49.3. The maximum absolute atomic E-state index is 14.2. The predicted octanol–water partition coefficient (Wildman–Crippen LogP) is 6.75. The van der Waals surface area contributed by atoms with Gasteiger partial charge in [-0.05, 0) is 61.6 Å². The van der Waals surface area contributed by atoms with Crippen molar-refractivity contribution in [1.82, 2.24) is 24.7 Å². The van der Waals surface area contributed by atoms with Crippen molar-refractivity contribution in [3.63, 3.8) is 0 Å². The second-order valence-electron chi connectivity index (χ2n) is 13.9. The Bertz CT molecular complexity index is 1800. The van der Waals surface area contributed by atoms with E-state index in [9.17, 15) is 19.5 Å². The van der Waals surface area contributed by atoms with Crippen LogP contribution in [0.15, 0.2) is 60.7 Å². The summed E-state index contributed by atoms with van der Waals surface area (Å²) in [6, 6.07) is 18.6. The maximum Gasteiger partial charge on any atom is 0.336 e. The topological polar surface area (TPSA) is 108 Å². The van der Waals surface area contributed by atoms with Crippen LogP contribution in [0.1, 0.15) is 77.7 Å². The quantitative estimate of drug-likeness (QED) is 0.141. The van der Waals surface area contributed by atoms with E-state index in [2.05, 4.69) is 47.5 Å². The Labute approximate surface area is 300 Å². The van der Waals surface area contributed by atoms with Gasteiger partial charge in [0, 0.05) is 69.5 Å². The van der Waals surface area contributed by atoms with Gasteiger partial charge in [0.1, 0.15) is 5.82 Å². The first-order valence-electron chi connectivity index (χ1n) is 17.8. The fourth-order valence-corrected chi connectivity index (χ4v) is 7.64. The van der Waals surface area contributed by atoms with Crippen LogP contribution in [-0.2, 0) is 17.8 Å². The van der Waals surface area contributed by atoms with Crippen LogP contribution < -0.4 is 5.32 Å². The number of fused-ring (bicyclic) bond motifs is 1. The molecule has 1 aromatic heterocycles. The number of carboxylic acids is 1. The average molecular weight is 698 g/mol. The van der Waals surface area contributed by atoms with Gasteiger partial charge in [0.25, 0.3) is 5.91 Å². The fourth-order valence-electron chi connectivity index (χ4n) is 6.79. The molecule has 1 aliphatic rings. The molecular formula is C40H51N5O4S. The number of imidazole rings is 1. The van der Waals surface area contributed by atoms with Crippen molar-refractivity contribution in [2.45, 2.75) is 66.0 Å². The molecule has 3 aromatic carbocycles. The zero-order chi connectivity index (χ0) is 35.8. The van der Waals surface area contributed by atoms with Crippen molar-refractivity contribution in [1.29, 1.82) is 0 Å². The molecule has 266 valence electrons. The molecular weight excluding hydrogens is 647 g/mol. The van der Waals surface area contributed by atoms with Gasteiger partial charge in [0.05, 0.1) is 22.2 Å². The molecule has 4 aromatic rings. The van der Waals surface area contributed by atoms with E-state index in [1.807, 2.05) is 55.5 Å². The van der Waals surface area contributed by atoms with Crippen LogP contribution in [0.4, 0.5) is 0 Å². The summed E-state index contributed by atoms with van der Waals surface area (Å²) in [6.45, 7) is 13.5. The van der Waals surface area contributed by atoms with Crippen LogP contribution in [0.5, 0.6) is 0 Å². The van der Waals surface area contributed by atoms with E-state index in [0.29, 0.717) is 42.2 Å². The highest BCUT2D eigenvalue weighted by Gasteiger charge is 2.25. The van der Waals surface area contributed by atoms with E-state index in [4.69, 9.17) is 4.98 Å².